The van der Waals surface area contributed by atoms with Gasteiger partial charge in [-0.25, -0.2) is 4.68 Å². The van der Waals surface area contributed by atoms with Crippen molar-refractivity contribution in [1.29, 1.82) is 0 Å². The predicted octanol–water partition coefficient (Wildman–Crippen LogP) is 3.05. The van der Waals surface area contributed by atoms with Crippen molar-refractivity contribution in [3.63, 3.8) is 0 Å². The molecule has 0 saturated heterocycles. The smallest absolute Gasteiger partial charge is 0.0782 e. The lowest BCUT2D eigenvalue weighted by molar-refractivity contribution is 0.199. The normalized spacial score (nSPS) is 13.0. The molecule has 0 bridgehead atoms. The Bertz CT molecular complexity index is 500. The number of hydrogen-bond acceptors (Lipinski definition) is 2. The molecule has 1 aromatic carbocycles. The Balaban J connectivity index is 2.45. The van der Waals surface area contributed by atoms with Crippen molar-refractivity contribution in [2.24, 2.45) is 0 Å². The van der Waals surface area contributed by atoms with Gasteiger partial charge in [0, 0.05) is 11.8 Å². The van der Waals surface area contributed by atoms with Crippen LogP contribution in [0.5, 0.6) is 0 Å². The Morgan fingerprint density at radius 3 is 2.41 bits per heavy atom. The van der Waals surface area contributed by atoms with Gasteiger partial charge < -0.3 is 5.11 Å². The van der Waals surface area contributed by atoms with Crippen LogP contribution in [0.15, 0.2) is 36.5 Å². The first-order valence-corrected chi connectivity index (χ1v) is 5.92. The van der Waals surface area contributed by atoms with Gasteiger partial charge in [0.2, 0.25) is 0 Å². The monoisotopic (exact) mass is 230 g/mol. The lowest BCUT2D eigenvalue weighted by Gasteiger charge is -2.11. The number of hydrogen-bond donors (Lipinski definition) is 1. The summed E-state index contributed by atoms with van der Waals surface area (Å²) in [5.41, 5.74) is 2.89. The maximum absolute atomic E-state index is 9.74. The molecule has 0 aliphatic rings. The number of aromatic nitrogens is 2. The highest BCUT2D eigenvalue weighted by atomic mass is 16.3. The lowest BCUT2D eigenvalue weighted by atomic mass is 10.1. The van der Waals surface area contributed by atoms with Crippen molar-refractivity contribution in [3.05, 3.63) is 47.8 Å². The minimum atomic E-state index is -0.488. The molecular formula is C14H18N2O. The molecule has 90 valence electrons. The third-order valence-electron chi connectivity index (χ3n) is 2.83. The Hall–Kier alpha value is -1.61. The van der Waals surface area contributed by atoms with Gasteiger partial charge in [-0.05, 0) is 25.0 Å². The molecule has 0 aliphatic heterocycles. The lowest BCUT2D eigenvalue weighted by Crippen LogP contribution is -2.03. The number of aliphatic hydroxyl groups excluding tert-OH is 1. The summed E-state index contributed by atoms with van der Waals surface area (Å²) in [6.07, 6.45) is 1.45. The van der Waals surface area contributed by atoms with Crippen LogP contribution in [0, 0.1) is 0 Å². The zero-order valence-electron chi connectivity index (χ0n) is 10.5. The second-order valence-electron chi connectivity index (χ2n) is 4.57. The molecule has 17 heavy (non-hydrogen) atoms. The SMILES string of the molecule is CC(C)c1ccn(-c2ccccc2[C@@H](C)O)n1. The maximum Gasteiger partial charge on any atom is 0.0782 e. The van der Waals surface area contributed by atoms with Crippen LogP contribution >= 0.6 is 0 Å². The number of rotatable bonds is 3. The molecular weight excluding hydrogens is 212 g/mol. The molecule has 0 fully saturated rings. The molecule has 0 saturated carbocycles. The topological polar surface area (TPSA) is 38.0 Å². The molecule has 0 amide bonds. The van der Waals surface area contributed by atoms with E-state index in [9.17, 15) is 5.11 Å². The van der Waals surface area contributed by atoms with Crippen molar-refractivity contribution in [1.82, 2.24) is 9.78 Å². The van der Waals surface area contributed by atoms with Crippen molar-refractivity contribution in [2.45, 2.75) is 32.8 Å². The average molecular weight is 230 g/mol. The van der Waals surface area contributed by atoms with Gasteiger partial charge in [-0.1, -0.05) is 32.0 Å². The van der Waals surface area contributed by atoms with Crippen LogP contribution in [0.3, 0.4) is 0 Å². The Labute approximate surface area is 102 Å². The molecule has 2 rings (SSSR count). The van der Waals surface area contributed by atoms with Gasteiger partial charge in [-0.3, -0.25) is 0 Å². The molecule has 0 radical (unpaired) electrons. The van der Waals surface area contributed by atoms with Crippen LogP contribution < -0.4 is 0 Å². The fraction of sp³-hybridized carbons (Fsp3) is 0.357. The Kier molecular flexibility index (Phi) is 3.29. The van der Waals surface area contributed by atoms with Gasteiger partial charge in [0.1, 0.15) is 0 Å². The van der Waals surface area contributed by atoms with Crippen LogP contribution in [-0.4, -0.2) is 14.9 Å². The van der Waals surface area contributed by atoms with Gasteiger partial charge in [-0.15, -0.1) is 0 Å². The third-order valence-corrected chi connectivity index (χ3v) is 2.83. The van der Waals surface area contributed by atoms with E-state index in [1.54, 1.807) is 6.92 Å². The Morgan fingerprint density at radius 2 is 1.82 bits per heavy atom. The average Bonchev–Trinajstić information content (AvgIpc) is 2.78. The number of para-hydroxylation sites is 1. The van der Waals surface area contributed by atoms with Crippen molar-refractivity contribution in [3.8, 4) is 5.69 Å². The second-order valence-corrected chi connectivity index (χ2v) is 4.57. The van der Waals surface area contributed by atoms with E-state index < -0.39 is 6.10 Å². The third kappa shape index (κ3) is 2.39. The standard InChI is InChI=1S/C14H18N2O/c1-10(2)13-8-9-16(15-13)14-7-5-4-6-12(14)11(3)17/h4-11,17H,1-3H3/t11-/m1/s1. The summed E-state index contributed by atoms with van der Waals surface area (Å²) in [4.78, 5) is 0. The first kappa shape index (κ1) is 11.9. The highest BCUT2D eigenvalue weighted by Crippen LogP contribution is 2.22. The van der Waals surface area contributed by atoms with Crippen molar-refractivity contribution in [2.75, 3.05) is 0 Å². The molecule has 1 aromatic heterocycles. The van der Waals surface area contributed by atoms with E-state index in [-0.39, 0.29) is 0 Å². The largest absolute Gasteiger partial charge is 0.389 e. The van der Waals surface area contributed by atoms with Crippen LogP contribution in [0.25, 0.3) is 5.69 Å². The number of benzene rings is 1. The summed E-state index contributed by atoms with van der Waals surface area (Å²) in [5.74, 6) is 0.412. The fourth-order valence-corrected chi connectivity index (χ4v) is 1.83. The molecule has 0 spiro atoms. The summed E-state index contributed by atoms with van der Waals surface area (Å²) in [5, 5.41) is 14.3. The summed E-state index contributed by atoms with van der Waals surface area (Å²) < 4.78 is 1.83. The van der Waals surface area contributed by atoms with Crippen LogP contribution in [0.1, 0.15) is 44.1 Å². The molecule has 1 heterocycles. The van der Waals surface area contributed by atoms with Gasteiger partial charge in [-0.2, -0.15) is 5.10 Å². The van der Waals surface area contributed by atoms with Crippen molar-refractivity contribution < 1.29 is 5.11 Å². The summed E-state index contributed by atoms with van der Waals surface area (Å²) in [6, 6.07) is 9.80. The molecule has 3 nitrogen and oxygen atoms in total. The van der Waals surface area contributed by atoms with E-state index in [1.165, 1.54) is 0 Å². The molecule has 0 unspecified atom stereocenters. The molecule has 2 aromatic rings. The number of aliphatic hydroxyl groups is 1. The number of nitrogens with zero attached hydrogens (tertiary/aromatic N) is 2. The second kappa shape index (κ2) is 4.72. The van der Waals surface area contributed by atoms with Gasteiger partial charge in [0.25, 0.3) is 0 Å². The van der Waals surface area contributed by atoms with E-state index in [4.69, 9.17) is 0 Å². The molecule has 1 atom stereocenters. The molecule has 0 aliphatic carbocycles. The van der Waals surface area contributed by atoms with Crippen LogP contribution in [-0.2, 0) is 0 Å². The minimum Gasteiger partial charge on any atom is -0.389 e. The maximum atomic E-state index is 9.74. The minimum absolute atomic E-state index is 0.412. The van der Waals surface area contributed by atoms with Crippen LogP contribution in [0.2, 0.25) is 0 Å². The fourth-order valence-electron chi connectivity index (χ4n) is 1.83. The van der Waals surface area contributed by atoms with E-state index in [2.05, 4.69) is 18.9 Å². The first-order valence-electron chi connectivity index (χ1n) is 5.92. The molecule has 3 heteroatoms. The van der Waals surface area contributed by atoms with Gasteiger partial charge in [0.15, 0.2) is 0 Å². The summed E-state index contributed by atoms with van der Waals surface area (Å²) >= 11 is 0. The Morgan fingerprint density at radius 1 is 1.12 bits per heavy atom. The van der Waals surface area contributed by atoms with Gasteiger partial charge in [0.05, 0.1) is 17.5 Å². The zero-order valence-corrected chi connectivity index (χ0v) is 10.5. The molecule has 1 N–H and O–H groups in total. The van der Waals surface area contributed by atoms with Crippen molar-refractivity contribution >= 4 is 0 Å². The van der Waals surface area contributed by atoms with E-state index in [0.29, 0.717) is 5.92 Å². The highest BCUT2D eigenvalue weighted by molar-refractivity contribution is 5.41. The summed E-state index contributed by atoms with van der Waals surface area (Å²) in [7, 11) is 0. The van der Waals surface area contributed by atoms with E-state index in [1.807, 2.05) is 41.2 Å². The quantitative estimate of drug-likeness (QED) is 0.880. The summed E-state index contributed by atoms with van der Waals surface area (Å²) in [6.45, 7) is 6.01. The van der Waals surface area contributed by atoms with E-state index in [0.717, 1.165) is 16.9 Å². The highest BCUT2D eigenvalue weighted by Gasteiger charge is 2.10. The van der Waals surface area contributed by atoms with Gasteiger partial charge >= 0.3 is 0 Å². The van der Waals surface area contributed by atoms with Crippen LogP contribution in [0.4, 0.5) is 0 Å². The first-order chi connectivity index (χ1) is 8.09. The van der Waals surface area contributed by atoms with E-state index >= 15 is 0 Å². The zero-order chi connectivity index (χ0) is 12.4. The predicted molar refractivity (Wildman–Crippen MR) is 68.3 cm³/mol.